The minimum atomic E-state index is -0.698. The minimum absolute atomic E-state index is 0.0840. The lowest BCUT2D eigenvalue weighted by Gasteiger charge is -2.35. The number of Topliss-reactive ketones (excluding diaryl/α,β-unsaturated/α-hetero) is 1. The summed E-state index contributed by atoms with van der Waals surface area (Å²) in [5.41, 5.74) is 6.19. The maximum absolute atomic E-state index is 13.7. The number of allylic oxidation sites excluding steroid dienone is 1. The van der Waals surface area contributed by atoms with Gasteiger partial charge in [-0.25, -0.2) is 9.59 Å². The van der Waals surface area contributed by atoms with Crippen LogP contribution in [0.2, 0.25) is 0 Å². The molecule has 2 N–H and O–H groups in total. The van der Waals surface area contributed by atoms with E-state index in [0.717, 1.165) is 5.39 Å². The lowest BCUT2D eigenvalue weighted by Crippen LogP contribution is -2.49. The Morgan fingerprint density at radius 2 is 1.69 bits per heavy atom. The number of carbonyl (C=O) groups excluding carboxylic acids is 4. The summed E-state index contributed by atoms with van der Waals surface area (Å²) in [6, 6.07) is 8.97. The molecule has 0 bridgehead atoms. The Morgan fingerprint density at radius 1 is 1.06 bits per heavy atom. The third kappa shape index (κ3) is 6.00. The van der Waals surface area contributed by atoms with E-state index in [1.54, 1.807) is 56.7 Å². The highest BCUT2D eigenvalue weighted by molar-refractivity contribution is 6.19. The first kappa shape index (κ1) is 25.8. The van der Waals surface area contributed by atoms with Gasteiger partial charge in [-0.3, -0.25) is 9.59 Å². The van der Waals surface area contributed by atoms with E-state index in [2.05, 4.69) is 0 Å². The average Bonchev–Trinajstić information content (AvgIpc) is 2.79. The molecule has 9 nitrogen and oxygen atoms in total. The summed E-state index contributed by atoms with van der Waals surface area (Å²) in [5, 5.41) is 1.40. The van der Waals surface area contributed by atoms with E-state index in [1.165, 1.54) is 4.90 Å². The monoisotopic (exact) mass is 481 g/mol. The number of hydrogen-bond acceptors (Lipinski definition) is 8. The molecule has 9 heteroatoms. The van der Waals surface area contributed by atoms with Crippen molar-refractivity contribution >= 4 is 40.2 Å². The highest BCUT2D eigenvalue weighted by Gasteiger charge is 2.31. The average molecular weight is 482 g/mol. The normalized spacial score (nSPS) is 13.8. The molecule has 0 aliphatic carbocycles. The second-order valence-corrected chi connectivity index (χ2v) is 9.26. The summed E-state index contributed by atoms with van der Waals surface area (Å²) >= 11 is 0. The van der Waals surface area contributed by atoms with Crippen molar-refractivity contribution in [2.45, 2.75) is 39.7 Å². The summed E-state index contributed by atoms with van der Waals surface area (Å²) < 4.78 is 10.5. The summed E-state index contributed by atoms with van der Waals surface area (Å²) in [5.74, 6) is 0.638. The van der Waals surface area contributed by atoms with Crippen LogP contribution in [0.15, 0.2) is 36.0 Å². The highest BCUT2D eigenvalue weighted by Crippen LogP contribution is 2.31. The van der Waals surface area contributed by atoms with Gasteiger partial charge in [0.05, 0.1) is 24.3 Å². The van der Waals surface area contributed by atoms with Crippen molar-refractivity contribution in [1.29, 1.82) is 0 Å². The number of hydrogen-bond donors (Lipinski definition) is 1. The van der Waals surface area contributed by atoms with Crippen LogP contribution >= 0.6 is 0 Å². The van der Waals surface area contributed by atoms with E-state index >= 15 is 0 Å². The number of nitrogen functional groups attached to an aromatic ring is 1. The zero-order valence-electron chi connectivity index (χ0n) is 20.6. The molecule has 3 rings (SSSR count). The van der Waals surface area contributed by atoms with Crippen LogP contribution in [0.1, 0.15) is 43.6 Å². The topological polar surface area (TPSA) is 119 Å². The van der Waals surface area contributed by atoms with Gasteiger partial charge in [0.25, 0.3) is 0 Å². The number of anilines is 1. The predicted molar refractivity (Wildman–Crippen MR) is 132 cm³/mol. The SMILES string of the molecule is CCOC(=O)N1CCN(C(=C=O)C(=O)c2c(CC(=O)OC(C)(C)C)cc3ccccc3c2N)CC1. The van der Waals surface area contributed by atoms with Crippen molar-refractivity contribution in [3.63, 3.8) is 0 Å². The van der Waals surface area contributed by atoms with E-state index in [1.807, 2.05) is 12.1 Å². The molecule has 0 radical (unpaired) electrons. The number of esters is 1. The molecule has 0 atom stereocenters. The number of fused-ring (bicyclic) bond motifs is 1. The van der Waals surface area contributed by atoms with Crippen LogP contribution in [0, 0.1) is 0 Å². The van der Waals surface area contributed by atoms with Crippen molar-refractivity contribution in [2.75, 3.05) is 38.5 Å². The first-order chi connectivity index (χ1) is 16.6. The van der Waals surface area contributed by atoms with Crippen molar-refractivity contribution in [1.82, 2.24) is 9.80 Å². The van der Waals surface area contributed by atoms with Gasteiger partial charge in [-0.2, -0.15) is 0 Å². The molecule has 1 heterocycles. The molecule has 1 saturated heterocycles. The molecule has 0 spiro atoms. The van der Waals surface area contributed by atoms with Gasteiger partial charge in [0.15, 0.2) is 11.6 Å². The summed E-state index contributed by atoms with van der Waals surface area (Å²) in [7, 11) is 0. The molecular formula is C26H31N3O6. The molecule has 1 fully saturated rings. The molecule has 1 amide bonds. The first-order valence-electron chi connectivity index (χ1n) is 11.5. The molecule has 1 aliphatic heterocycles. The van der Waals surface area contributed by atoms with Crippen molar-refractivity contribution in [3.8, 4) is 0 Å². The van der Waals surface area contributed by atoms with Crippen LogP contribution in [0.25, 0.3) is 10.8 Å². The second kappa shape index (κ2) is 10.6. The van der Waals surface area contributed by atoms with Crippen molar-refractivity contribution in [2.24, 2.45) is 0 Å². The number of benzene rings is 2. The number of rotatable bonds is 6. The van der Waals surface area contributed by atoms with Crippen LogP contribution in [0.3, 0.4) is 0 Å². The standard InChI is InChI=1S/C26H31N3O6/c1-5-34-25(33)29-12-10-28(11-13-29)20(16-30)24(32)22-18(15-21(31)35-26(2,3)4)14-17-8-6-7-9-19(17)23(22)27/h6-9,14H,5,10-13,15,27H2,1-4H3. The molecule has 186 valence electrons. The molecule has 1 aliphatic rings. The number of piperazine rings is 1. The molecule has 2 aromatic carbocycles. The fourth-order valence-electron chi connectivity index (χ4n) is 4.08. The van der Waals surface area contributed by atoms with Gasteiger partial charge in [0.1, 0.15) is 5.60 Å². The van der Waals surface area contributed by atoms with Crippen molar-refractivity contribution < 1.29 is 28.7 Å². The number of nitrogens with zero attached hydrogens (tertiary/aromatic N) is 2. The zero-order chi connectivity index (χ0) is 25.8. The van der Waals surface area contributed by atoms with E-state index < -0.39 is 23.4 Å². The Bertz CT molecular complexity index is 1190. The maximum Gasteiger partial charge on any atom is 0.409 e. The Kier molecular flexibility index (Phi) is 7.82. The van der Waals surface area contributed by atoms with Gasteiger partial charge in [0.2, 0.25) is 5.78 Å². The number of amides is 1. The first-order valence-corrected chi connectivity index (χ1v) is 11.5. The largest absolute Gasteiger partial charge is 0.460 e. The smallest absolute Gasteiger partial charge is 0.409 e. The van der Waals surface area contributed by atoms with Crippen LogP contribution in [-0.2, 0) is 25.5 Å². The summed E-state index contributed by atoms with van der Waals surface area (Å²) in [6.07, 6.45) is -0.621. The Hall–Kier alpha value is -3.84. The number of ether oxygens (including phenoxy) is 2. The minimum Gasteiger partial charge on any atom is -0.460 e. The van der Waals surface area contributed by atoms with Gasteiger partial charge in [-0.1, -0.05) is 24.3 Å². The summed E-state index contributed by atoms with van der Waals surface area (Å²) in [6.45, 7) is 8.35. The molecule has 2 aromatic rings. The maximum atomic E-state index is 13.7. The van der Waals surface area contributed by atoms with Crippen LogP contribution in [0.4, 0.5) is 10.5 Å². The fourth-order valence-corrected chi connectivity index (χ4v) is 4.08. The van der Waals surface area contributed by atoms with E-state index in [4.69, 9.17) is 15.2 Å². The molecule has 0 unspecified atom stereocenters. The number of carbonyl (C=O) groups is 3. The Morgan fingerprint density at radius 3 is 2.29 bits per heavy atom. The van der Waals surface area contributed by atoms with Gasteiger partial charge in [0, 0.05) is 31.6 Å². The van der Waals surface area contributed by atoms with E-state index in [-0.39, 0.29) is 56.2 Å². The number of nitrogens with two attached hydrogens (primary N) is 1. The van der Waals surface area contributed by atoms with Gasteiger partial charge in [-0.05, 0) is 44.7 Å². The quantitative estimate of drug-likeness (QED) is 0.220. The lowest BCUT2D eigenvalue weighted by molar-refractivity contribution is -0.153. The predicted octanol–water partition coefficient (Wildman–Crippen LogP) is 2.98. The molecule has 0 saturated carbocycles. The van der Waals surface area contributed by atoms with Gasteiger partial charge < -0.3 is 25.0 Å². The number of ketones is 1. The Balaban J connectivity index is 1.95. The van der Waals surface area contributed by atoms with Gasteiger partial charge >= 0.3 is 12.1 Å². The summed E-state index contributed by atoms with van der Waals surface area (Å²) in [4.78, 5) is 53.4. The highest BCUT2D eigenvalue weighted by atomic mass is 16.6. The zero-order valence-corrected chi connectivity index (χ0v) is 20.6. The molecule has 0 aromatic heterocycles. The third-order valence-electron chi connectivity index (χ3n) is 5.59. The van der Waals surface area contributed by atoms with Crippen molar-refractivity contribution in [3.05, 3.63) is 47.2 Å². The Labute approximate surface area is 204 Å². The van der Waals surface area contributed by atoms with Crippen LogP contribution < -0.4 is 5.73 Å². The van der Waals surface area contributed by atoms with E-state index in [0.29, 0.717) is 10.9 Å². The second-order valence-electron chi connectivity index (χ2n) is 9.26. The van der Waals surface area contributed by atoms with Crippen LogP contribution in [0.5, 0.6) is 0 Å². The van der Waals surface area contributed by atoms with E-state index in [9.17, 15) is 19.2 Å². The third-order valence-corrected chi connectivity index (χ3v) is 5.59. The molecular weight excluding hydrogens is 450 g/mol. The fraction of sp³-hybridized carbons (Fsp3) is 0.423. The lowest BCUT2D eigenvalue weighted by atomic mass is 9.92. The van der Waals surface area contributed by atoms with Gasteiger partial charge in [-0.15, -0.1) is 0 Å². The van der Waals surface area contributed by atoms with Crippen LogP contribution in [-0.4, -0.2) is 72.0 Å². The molecule has 35 heavy (non-hydrogen) atoms.